The Morgan fingerprint density at radius 1 is 1.48 bits per heavy atom. The number of rotatable bonds is 2. The van der Waals surface area contributed by atoms with Gasteiger partial charge in [0.2, 0.25) is 0 Å². The molecule has 1 spiro atoms. The minimum atomic E-state index is -1.31. The molecule has 1 fully saturated rings. The molecule has 2 aliphatic rings. The zero-order chi connectivity index (χ0) is 18.2. The molecule has 1 aromatic heterocycles. The lowest BCUT2D eigenvalue weighted by atomic mass is 9.94. The van der Waals surface area contributed by atoms with Crippen LogP contribution < -0.4 is 11.2 Å². The molecule has 2 heterocycles. The third-order valence-corrected chi connectivity index (χ3v) is 5.05. The fraction of sp³-hybridized carbons (Fsp3) is 0.562. The van der Waals surface area contributed by atoms with Crippen LogP contribution in [0.25, 0.3) is 0 Å². The van der Waals surface area contributed by atoms with Crippen molar-refractivity contribution >= 4 is 28.8 Å². The van der Waals surface area contributed by atoms with Gasteiger partial charge in [0, 0.05) is 6.42 Å². The highest BCUT2D eigenvalue weighted by Gasteiger charge is 2.65. The van der Waals surface area contributed by atoms with Crippen molar-refractivity contribution in [1.29, 1.82) is 0 Å². The van der Waals surface area contributed by atoms with Gasteiger partial charge in [-0.05, 0) is 57.5 Å². The molecule has 136 valence electrons. The van der Waals surface area contributed by atoms with E-state index in [1.165, 1.54) is 6.26 Å². The minimum absolute atomic E-state index is 0.0151. The Morgan fingerprint density at radius 2 is 2.24 bits per heavy atom. The summed E-state index contributed by atoms with van der Waals surface area (Å²) in [5.41, 5.74) is 6.69. The maximum absolute atomic E-state index is 13.5. The van der Waals surface area contributed by atoms with Crippen LogP contribution in [0.4, 0.5) is 0 Å². The van der Waals surface area contributed by atoms with E-state index < -0.39 is 11.2 Å². The van der Waals surface area contributed by atoms with E-state index in [0.29, 0.717) is 30.0 Å². The highest BCUT2D eigenvalue weighted by molar-refractivity contribution is 7.80. The molecule has 3 rings (SSSR count). The Balaban J connectivity index is 2.19. The number of thiocarbonyl (C=S) groups is 1. The van der Waals surface area contributed by atoms with Crippen molar-refractivity contribution in [3.63, 3.8) is 0 Å². The summed E-state index contributed by atoms with van der Waals surface area (Å²) in [5, 5.41) is 29.9. The maximum atomic E-state index is 13.5. The Labute approximate surface area is 151 Å². The summed E-state index contributed by atoms with van der Waals surface area (Å²) in [6, 6.07) is 3.44. The Hall–Kier alpha value is -1.97. The van der Waals surface area contributed by atoms with E-state index >= 15 is 0 Å². The van der Waals surface area contributed by atoms with Gasteiger partial charge >= 0.3 is 0 Å². The smallest absolute Gasteiger partial charge is 0.292 e. The predicted molar refractivity (Wildman–Crippen MR) is 97.3 cm³/mol. The summed E-state index contributed by atoms with van der Waals surface area (Å²) in [6.07, 6.45) is 5.13. The van der Waals surface area contributed by atoms with E-state index in [1.54, 1.807) is 26.0 Å². The van der Waals surface area contributed by atoms with Crippen LogP contribution in [0.3, 0.4) is 0 Å². The maximum Gasteiger partial charge on any atom is 0.292 e. The van der Waals surface area contributed by atoms with Crippen LogP contribution in [0.1, 0.15) is 51.7 Å². The molecule has 9 heteroatoms. The second-order valence-corrected chi connectivity index (χ2v) is 7.34. The summed E-state index contributed by atoms with van der Waals surface area (Å²) in [5.74, 6) is 0.432. The lowest BCUT2D eigenvalue weighted by Crippen LogP contribution is -2.59. The Bertz CT molecular complexity index is 728. The minimum Gasteiger partial charge on any atom is -0.622 e. The molecule has 1 aromatic rings. The first-order valence-electron chi connectivity index (χ1n) is 8.32. The molecule has 0 unspecified atom stereocenters. The fourth-order valence-electron chi connectivity index (χ4n) is 3.80. The summed E-state index contributed by atoms with van der Waals surface area (Å²) < 4.78 is 6.30. The van der Waals surface area contributed by atoms with E-state index in [1.807, 2.05) is 0 Å². The number of hydroxylamine groups is 3. The average Bonchev–Trinajstić information content (AvgIpc) is 3.02. The Morgan fingerprint density at radius 3 is 2.88 bits per heavy atom. The first-order valence-corrected chi connectivity index (χ1v) is 8.73. The molecule has 25 heavy (non-hydrogen) atoms. The molecule has 1 atom stereocenters. The summed E-state index contributed by atoms with van der Waals surface area (Å²) >= 11 is 4.82. The fourth-order valence-corrected chi connectivity index (χ4v) is 3.84. The van der Waals surface area contributed by atoms with Gasteiger partial charge < -0.3 is 20.6 Å². The number of furan rings is 1. The van der Waals surface area contributed by atoms with Gasteiger partial charge in [0.25, 0.3) is 11.4 Å². The monoisotopic (exact) mass is 365 g/mol. The number of hydrogen-bond acceptors (Lipinski definition) is 6. The van der Waals surface area contributed by atoms with E-state index in [4.69, 9.17) is 22.4 Å². The van der Waals surface area contributed by atoms with Gasteiger partial charge in [0.1, 0.15) is 11.3 Å². The molecule has 0 bridgehead atoms. The summed E-state index contributed by atoms with van der Waals surface area (Å²) in [6.45, 7) is 3.57. The highest BCUT2D eigenvalue weighted by atomic mass is 32.1. The first kappa shape index (κ1) is 17.8. The molecule has 0 amide bonds. The van der Waals surface area contributed by atoms with Crippen molar-refractivity contribution in [2.45, 2.75) is 57.2 Å². The first-order chi connectivity index (χ1) is 11.8. The molecule has 0 radical (unpaired) electrons. The normalized spacial score (nSPS) is 28.5. The summed E-state index contributed by atoms with van der Waals surface area (Å²) in [7, 11) is 0. The average molecular weight is 365 g/mol. The van der Waals surface area contributed by atoms with Gasteiger partial charge in [-0.2, -0.15) is 9.84 Å². The third kappa shape index (κ3) is 2.72. The van der Waals surface area contributed by atoms with E-state index in [2.05, 4.69) is 10.5 Å². The van der Waals surface area contributed by atoms with E-state index in [9.17, 15) is 10.4 Å². The molecule has 1 aliphatic carbocycles. The highest BCUT2D eigenvalue weighted by Crippen LogP contribution is 2.41. The van der Waals surface area contributed by atoms with Crippen LogP contribution in [0, 0.1) is 5.21 Å². The van der Waals surface area contributed by atoms with Crippen LogP contribution >= 0.6 is 12.2 Å². The second-order valence-electron chi connectivity index (χ2n) is 6.90. The van der Waals surface area contributed by atoms with Gasteiger partial charge in [-0.3, -0.25) is 5.43 Å². The largest absolute Gasteiger partial charge is 0.622 e. The van der Waals surface area contributed by atoms with Crippen molar-refractivity contribution in [2.75, 3.05) is 0 Å². The van der Waals surface area contributed by atoms with Gasteiger partial charge in [0.05, 0.1) is 6.26 Å². The van der Waals surface area contributed by atoms with E-state index in [-0.39, 0.29) is 5.11 Å². The molecule has 4 N–H and O–H groups in total. The van der Waals surface area contributed by atoms with Gasteiger partial charge in [-0.15, -0.1) is 5.06 Å². The number of nitrogens with zero attached hydrogens (tertiary/aromatic N) is 3. The molecule has 1 saturated carbocycles. The lowest BCUT2D eigenvalue weighted by molar-refractivity contribution is -0.567. The number of nitrogens with one attached hydrogen (secondary N) is 1. The molecule has 0 aromatic carbocycles. The second kappa shape index (κ2) is 6.40. The zero-order valence-electron chi connectivity index (χ0n) is 14.4. The van der Waals surface area contributed by atoms with Crippen LogP contribution in [0.5, 0.6) is 0 Å². The zero-order valence-corrected chi connectivity index (χ0v) is 15.2. The van der Waals surface area contributed by atoms with Crippen molar-refractivity contribution in [3.05, 3.63) is 29.4 Å². The molecule has 0 saturated heterocycles. The summed E-state index contributed by atoms with van der Waals surface area (Å²) in [4.78, 5) is 0. The van der Waals surface area contributed by atoms with Gasteiger partial charge in [0.15, 0.2) is 10.9 Å². The molecule has 1 aliphatic heterocycles. The van der Waals surface area contributed by atoms with Crippen molar-refractivity contribution in [1.82, 2.24) is 10.5 Å². The standard InChI is InChI=1S/C16H23N5O3S/c1-15(2)13(11-7-6-10-24-11)20(22)16(21(15)23)9-5-3-4-8-12(16)18-19-14(17)25/h6-7,10,23H,3-5,8-9H2,1-2H3,(H3,17,19,25)/b18-12-/t16-/m0/s1. The van der Waals surface area contributed by atoms with Gasteiger partial charge in [-0.25, -0.2) is 0 Å². The molecular weight excluding hydrogens is 342 g/mol. The van der Waals surface area contributed by atoms with Crippen LogP contribution in [-0.4, -0.2) is 42.7 Å². The molecular formula is C16H23N5O3S. The van der Waals surface area contributed by atoms with Crippen molar-refractivity contribution in [3.8, 4) is 0 Å². The number of hydrogen-bond donors (Lipinski definition) is 3. The number of hydrazone groups is 1. The lowest BCUT2D eigenvalue weighted by Gasteiger charge is -2.35. The van der Waals surface area contributed by atoms with Crippen LogP contribution in [0.2, 0.25) is 0 Å². The quantitative estimate of drug-likeness (QED) is 0.317. The molecule has 8 nitrogen and oxygen atoms in total. The van der Waals surface area contributed by atoms with Crippen LogP contribution in [-0.2, 0) is 0 Å². The number of nitrogens with two attached hydrogens (primary N) is 1. The SMILES string of the molecule is CC1(C)C(c2ccco2)=[N+]([O-])[C@@]2(CCCCC/C2=N/NC(N)=S)N1O. The van der Waals surface area contributed by atoms with E-state index in [0.717, 1.165) is 29.1 Å². The van der Waals surface area contributed by atoms with Crippen molar-refractivity contribution in [2.24, 2.45) is 10.8 Å². The topological polar surface area (TPSA) is 113 Å². The van der Waals surface area contributed by atoms with Crippen LogP contribution in [0.15, 0.2) is 27.9 Å². The van der Waals surface area contributed by atoms with Crippen molar-refractivity contribution < 1.29 is 14.4 Å². The Kier molecular flexibility index (Phi) is 4.56. The third-order valence-electron chi connectivity index (χ3n) is 4.96. The predicted octanol–water partition coefficient (Wildman–Crippen LogP) is 1.91. The van der Waals surface area contributed by atoms with Gasteiger partial charge in [-0.1, -0.05) is 6.42 Å².